The molecule has 0 N–H and O–H groups in total. The predicted octanol–water partition coefficient (Wildman–Crippen LogP) is 2.58. The Hall–Kier alpha value is -0.780. The Morgan fingerprint density at radius 3 is 2.75 bits per heavy atom. The standard InChI is InChI=1S/C6H3BrF3NO/c7-4-3(12-6(9)10)1-2-11-5(4)8/h1-2,6H. The highest BCUT2D eigenvalue weighted by Gasteiger charge is 2.11. The summed E-state index contributed by atoms with van der Waals surface area (Å²) < 4.78 is 39.6. The van der Waals surface area contributed by atoms with Crippen LogP contribution in [0.3, 0.4) is 0 Å². The minimum absolute atomic E-state index is 0.203. The van der Waals surface area contributed by atoms with Crippen molar-refractivity contribution >= 4 is 15.9 Å². The fourth-order valence-corrected chi connectivity index (χ4v) is 0.917. The fraction of sp³-hybridized carbons (Fsp3) is 0.167. The van der Waals surface area contributed by atoms with Crippen LogP contribution in [0, 0.1) is 5.95 Å². The molecule has 1 heterocycles. The molecule has 0 amide bonds. The number of ether oxygens (including phenoxy) is 1. The smallest absolute Gasteiger partial charge is 0.387 e. The normalized spacial score (nSPS) is 10.4. The Labute approximate surface area is 74.5 Å². The lowest BCUT2D eigenvalue weighted by Crippen LogP contribution is -2.03. The van der Waals surface area contributed by atoms with Gasteiger partial charge in [-0.05, 0) is 15.9 Å². The second-order valence-electron chi connectivity index (χ2n) is 1.79. The summed E-state index contributed by atoms with van der Waals surface area (Å²) in [6, 6.07) is 1.14. The van der Waals surface area contributed by atoms with E-state index in [4.69, 9.17) is 0 Å². The molecule has 6 heteroatoms. The van der Waals surface area contributed by atoms with Crippen LogP contribution in [0.1, 0.15) is 0 Å². The Balaban J connectivity index is 2.92. The summed E-state index contributed by atoms with van der Waals surface area (Å²) in [5.74, 6) is -1.15. The van der Waals surface area contributed by atoms with Crippen LogP contribution >= 0.6 is 15.9 Å². The van der Waals surface area contributed by atoms with E-state index in [1.54, 1.807) is 0 Å². The maximum absolute atomic E-state index is 12.5. The minimum Gasteiger partial charge on any atom is -0.433 e. The van der Waals surface area contributed by atoms with Crippen LogP contribution in [-0.4, -0.2) is 11.6 Å². The van der Waals surface area contributed by atoms with Crippen LogP contribution in [-0.2, 0) is 0 Å². The highest BCUT2D eigenvalue weighted by molar-refractivity contribution is 9.10. The van der Waals surface area contributed by atoms with Crippen LogP contribution < -0.4 is 4.74 Å². The van der Waals surface area contributed by atoms with Gasteiger partial charge in [-0.2, -0.15) is 13.2 Å². The van der Waals surface area contributed by atoms with Gasteiger partial charge in [-0.3, -0.25) is 0 Å². The van der Waals surface area contributed by atoms with E-state index in [2.05, 4.69) is 25.7 Å². The Kier molecular flexibility index (Phi) is 2.91. The largest absolute Gasteiger partial charge is 0.433 e. The molecule has 0 aromatic carbocycles. The molecule has 66 valence electrons. The van der Waals surface area contributed by atoms with Gasteiger partial charge in [0.15, 0.2) is 0 Å². The first-order valence-corrected chi connectivity index (χ1v) is 3.65. The van der Waals surface area contributed by atoms with E-state index in [9.17, 15) is 13.2 Å². The van der Waals surface area contributed by atoms with Crippen molar-refractivity contribution in [2.45, 2.75) is 6.61 Å². The van der Waals surface area contributed by atoms with E-state index in [1.165, 1.54) is 0 Å². The van der Waals surface area contributed by atoms with Crippen molar-refractivity contribution in [3.63, 3.8) is 0 Å². The van der Waals surface area contributed by atoms with Gasteiger partial charge in [0.25, 0.3) is 0 Å². The zero-order valence-corrected chi connectivity index (χ0v) is 7.19. The molecule has 0 unspecified atom stereocenters. The summed E-state index contributed by atoms with van der Waals surface area (Å²) in [4.78, 5) is 3.21. The van der Waals surface area contributed by atoms with Gasteiger partial charge in [0.1, 0.15) is 10.2 Å². The Morgan fingerprint density at radius 1 is 1.50 bits per heavy atom. The maximum atomic E-state index is 12.5. The van der Waals surface area contributed by atoms with Gasteiger partial charge in [0.05, 0.1) is 0 Å². The number of alkyl halides is 2. The highest BCUT2D eigenvalue weighted by Crippen LogP contribution is 2.26. The molecule has 2 nitrogen and oxygen atoms in total. The molecule has 0 spiro atoms. The van der Waals surface area contributed by atoms with Gasteiger partial charge in [0.2, 0.25) is 5.95 Å². The van der Waals surface area contributed by atoms with Gasteiger partial charge in [0, 0.05) is 12.3 Å². The summed E-state index contributed by atoms with van der Waals surface area (Å²) in [6.45, 7) is -2.97. The average molecular weight is 242 g/mol. The summed E-state index contributed by atoms with van der Waals surface area (Å²) >= 11 is 2.71. The van der Waals surface area contributed by atoms with Crippen molar-refractivity contribution in [2.75, 3.05) is 0 Å². The van der Waals surface area contributed by atoms with E-state index in [0.717, 1.165) is 12.3 Å². The molecule has 0 fully saturated rings. The number of halogens is 4. The van der Waals surface area contributed by atoms with Gasteiger partial charge >= 0.3 is 6.61 Å². The highest BCUT2D eigenvalue weighted by atomic mass is 79.9. The zero-order valence-electron chi connectivity index (χ0n) is 5.60. The monoisotopic (exact) mass is 241 g/mol. The summed E-state index contributed by atoms with van der Waals surface area (Å²) in [7, 11) is 0. The zero-order chi connectivity index (χ0) is 9.14. The van der Waals surface area contributed by atoms with Crippen LogP contribution in [0.2, 0.25) is 0 Å². The second kappa shape index (κ2) is 3.75. The van der Waals surface area contributed by atoms with Crippen molar-refractivity contribution in [3.8, 4) is 5.75 Å². The fourth-order valence-electron chi connectivity index (χ4n) is 0.589. The molecule has 1 aromatic rings. The molecule has 0 saturated heterocycles. The van der Waals surface area contributed by atoms with Gasteiger partial charge in [-0.25, -0.2) is 4.98 Å². The lowest BCUT2D eigenvalue weighted by atomic mass is 10.4. The van der Waals surface area contributed by atoms with Crippen molar-refractivity contribution in [3.05, 3.63) is 22.7 Å². The van der Waals surface area contributed by atoms with Crippen molar-refractivity contribution < 1.29 is 17.9 Å². The van der Waals surface area contributed by atoms with E-state index >= 15 is 0 Å². The minimum atomic E-state index is -2.97. The molecule has 0 radical (unpaired) electrons. The summed E-state index contributed by atoms with van der Waals surface area (Å²) in [5.41, 5.74) is 0. The number of rotatable bonds is 2. The lowest BCUT2D eigenvalue weighted by molar-refractivity contribution is -0.0506. The lowest BCUT2D eigenvalue weighted by Gasteiger charge is -2.05. The molecule has 0 atom stereocenters. The molecule has 0 bridgehead atoms. The van der Waals surface area contributed by atoms with Crippen LogP contribution in [0.15, 0.2) is 16.7 Å². The first kappa shape index (κ1) is 9.31. The van der Waals surface area contributed by atoms with E-state index in [1.807, 2.05) is 0 Å². The molecule has 0 aliphatic heterocycles. The Bertz CT molecular complexity index is 281. The second-order valence-corrected chi connectivity index (χ2v) is 2.59. The topological polar surface area (TPSA) is 22.1 Å². The number of hydrogen-bond donors (Lipinski definition) is 0. The molecule has 12 heavy (non-hydrogen) atoms. The van der Waals surface area contributed by atoms with Gasteiger partial charge in [-0.1, -0.05) is 0 Å². The quantitative estimate of drug-likeness (QED) is 0.743. The van der Waals surface area contributed by atoms with E-state index in [-0.39, 0.29) is 10.2 Å². The maximum Gasteiger partial charge on any atom is 0.387 e. The molecular formula is C6H3BrF3NO. The number of nitrogens with zero attached hydrogens (tertiary/aromatic N) is 1. The SMILES string of the molecule is Fc1nccc(OC(F)F)c1Br. The Morgan fingerprint density at radius 2 is 2.17 bits per heavy atom. The molecular weight excluding hydrogens is 239 g/mol. The van der Waals surface area contributed by atoms with E-state index < -0.39 is 12.6 Å². The van der Waals surface area contributed by atoms with Gasteiger partial charge < -0.3 is 4.74 Å². The third-order valence-electron chi connectivity index (χ3n) is 1.03. The molecule has 1 aromatic heterocycles. The predicted molar refractivity (Wildman–Crippen MR) is 38.5 cm³/mol. The molecule has 0 saturated carbocycles. The number of hydrogen-bond acceptors (Lipinski definition) is 2. The van der Waals surface area contributed by atoms with Gasteiger partial charge in [-0.15, -0.1) is 0 Å². The van der Waals surface area contributed by atoms with Crippen molar-refractivity contribution in [2.24, 2.45) is 0 Å². The van der Waals surface area contributed by atoms with Crippen LogP contribution in [0.5, 0.6) is 5.75 Å². The van der Waals surface area contributed by atoms with Crippen LogP contribution in [0.25, 0.3) is 0 Å². The summed E-state index contributed by atoms with van der Waals surface area (Å²) in [6.07, 6.45) is 1.04. The average Bonchev–Trinajstić information content (AvgIpc) is 1.98. The van der Waals surface area contributed by atoms with E-state index in [0.29, 0.717) is 0 Å². The first-order valence-electron chi connectivity index (χ1n) is 2.86. The van der Waals surface area contributed by atoms with Crippen molar-refractivity contribution in [1.29, 1.82) is 0 Å². The van der Waals surface area contributed by atoms with Crippen LogP contribution in [0.4, 0.5) is 13.2 Å². The molecule has 1 rings (SSSR count). The third-order valence-corrected chi connectivity index (χ3v) is 1.75. The number of aromatic nitrogens is 1. The number of pyridine rings is 1. The summed E-state index contributed by atoms with van der Waals surface area (Å²) in [5, 5.41) is 0. The third kappa shape index (κ3) is 2.10. The molecule has 0 aliphatic carbocycles. The first-order chi connectivity index (χ1) is 5.61. The molecule has 0 aliphatic rings. The van der Waals surface area contributed by atoms with Crippen molar-refractivity contribution in [1.82, 2.24) is 4.98 Å².